The second-order valence-electron chi connectivity index (χ2n) is 4.80. The zero-order valence-electron chi connectivity index (χ0n) is 11.7. The molecule has 0 aromatic carbocycles. The normalized spacial score (nSPS) is 26.0. The zero-order chi connectivity index (χ0) is 15.7. The molecule has 2 rings (SSSR count). The van der Waals surface area contributed by atoms with E-state index in [1.54, 1.807) is 6.92 Å². The number of aliphatic hydroxyl groups is 1. The van der Waals surface area contributed by atoms with E-state index in [1.807, 2.05) is 0 Å². The second kappa shape index (κ2) is 6.01. The molecule has 0 aliphatic carbocycles. The van der Waals surface area contributed by atoms with E-state index in [0.717, 1.165) is 11.3 Å². The van der Waals surface area contributed by atoms with Gasteiger partial charge < -0.3 is 14.6 Å². The van der Waals surface area contributed by atoms with E-state index in [4.69, 9.17) is 4.74 Å². The Labute approximate surface area is 126 Å². The topological polar surface area (TPSA) is 102 Å². The lowest BCUT2D eigenvalue weighted by molar-refractivity contribution is -0.0228. The summed E-state index contributed by atoms with van der Waals surface area (Å²) in [7, 11) is -2.72. The lowest BCUT2D eigenvalue weighted by atomic mass is 9.97. The molecule has 1 aromatic rings. The Morgan fingerprint density at radius 1 is 1.67 bits per heavy atom. The molecular formula is C12H17NO6S2. The quantitative estimate of drug-likeness (QED) is 0.753. The van der Waals surface area contributed by atoms with Gasteiger partial charge in [-0.15, -0.1) is 11.3 Å². The molecule has 0 saturated carbocycles. The summed E-state index contributed by atoms with van der Waals surface area (Å²) in [6.07, 6.45) is -0.104. The van der Waals surface area contributed by atoms with Gasteiger partial charge in [-0.05, 0) is 18.4 Å². The fraction of sp³-hybridized carbons (Fsp3) is 0.583. The van der Waals surface area contributed by atoms with Gasteiger partial charge in [0.2, 0.25) is 10.0 Å². The van der Waals surface area contributed by atoms with E-state index < -0.39 is 27.7 Å². The zero-order valence-corrected chi connectivity index (χ0v) is 13.3. The average Bonchev–Trinajstić information content (AvgIpc) is 3.05. The number of esters is 1. The highest BCUT2D eigenvalue weighted by atomic mass is 32.2. The number of sulfonamides is 1. The van der Waals surface area contributed by atoms with Gasteiger partial charge in [0.1, 0.15) is 15.4 Å². The minimum Gasteiger partial charge on any atom is -0.465 e. The Morgan fingerprint density at radius 3 is 2.95 bits per heavy atom. The van der Waals surface area contributed by atoms with Crippen LogP contribution in [0.4, 0.5) is 0 Å². The van der Waals surface area contributed by atoms with Crippen LogP contribution >= 0.6 is 11.3 Å². The van der Waals surface area contributed by atoms with Crippen LogP contribution in [-0.4, -0.2) is 51.5 Å². The van der Waals surface area contributed by atoms with Gasteiger partial charge in [-0.1, -0.05) is 0 Å². The van der Waals surface area contributed by atoms with Crippen LogP contribution in [0.15, 0.2) is 16.3 Å². The van der Waals surface area contributed by atoms with E-state index >= 15 is 0 Å². The van der Waals surface area contributed by atoms with Crippen LogP contribution in [0.5, 0.6) is 0 Å². The van der Waals surface area contributed by atoms with Crippen LogP contribution < -0.4 is 4.72 Å². The maximum absolute atomic E-state index is 12.3. The monoisotopic (exact) mass is 335 g/mol. The summed E-state index contributed by atoms with van der Waals surface area (Å²) < 4.78 is 36.7. The number of rotatable bonds is 5. The van der Waals surface area contributed by atoms with Gasteiger partial charge in [0, 0.05) is 19.6 Å². The summed E-state index contributed by atoms with van der Waals surface area (Å²) in [5.74, 6) is -0.707. The third kappa shape index (κ3) is 3.27. The Morgan fingerprint density at radius 2 is 2.38 bits per heavy atom. The first kappa shape index (κ1) is 16.4. The number of hydrogen-bond acceptors (Lipinski definition) is 7. The summed E-state index contributed by atoms with van der Waals surface area (Å²) >= 11 is 0.986. The summed E-state index contributed by atoms with van der Waals surface area (Å²) in [6.45, 7) is 1.89. The Kier molecular flexibility index (Phi) is 4.69. The molecule has 9 heteroatoms. The number of carbonyl (C=O) groups is 1. The summed E-state index contributed by atoms with van der Waals surface area (Å²) in [6, 6.07) is 1.33. The number of ether oxygens (including phenoxy) is 2. The second-order valence-corrected chi connectivity index (χ2v) is 7.45. The molecule has 1 aliphatic heterocycles. The molecule has 21 heavy (non-hydrogen) atoms. The molecule has 0 spiro atoms. The molecule has 1 aromatic heterocycles. The van der Waals surface area contributed by atoms with Crippen molar-refractivity contribution in [2.75, 3.05) is 20.3 Å². The van der Waals surface area contributed by atoms with Gasteiger partial charge in [-0.25, -0.2) is 17.9 Å². The van der Waals surface area contributed by atoms with E-state index in [0.29, 0.717) is 13.0 Å². The van der Waals surface area contributed by atoms with Crippen molar-refractivity contribution in [3.8, 4) is 0 Å². The van der Waals surface area contributed by atoms with Gasteiger partial charge >= 0.3 is 5.97 Å². The predicted molar refractivity (Wildman–Crippen MR) is 75.8 cm³/mol. The van der Waals surface area contributed by atoms with Crippen molar-refractivity contribution in [1.29, 1.82) is 0 Å². The predicted octanol–water partition coefficient (Wildman–Crippen LogP) is 0.353. The highest BCUT2D eigenvalue weighted by Gasteiger charge is 2.40. The molecule has 7 nitrogen and oxygen atoms in total. The van der Waals surface area contributed by atoms with Crippen molar-refractivity contribution in [2.45, 2.75) is 29.9 Å². The van der Waals surface area contributed by atoms with Crippen LogP contribution in [0.25, 0.3) is 0 Å². The molecule has 0 radical (unpaired) electrons. The van der Waals surface area contributed by atoms with Crippen molar-refractivity contribution in [2.24, 2.45) is 0 Å². The lowest BCUT2D eigenvalue weighted by Crippen LogP contribution is -2.47. The van der Waals surface area contributed by atoms with Gasteiger partial charge in [-0.3, -0.25) is 0 Å². The number of thiophene rings is 1. The van der Waals surface area contributed by atoms with Crippen LogP contribution in [0, 0.1) is 0 Å². The van der Waals surface area contributed by atoms with Gasteiger partial charge in [-0.2, -0.15) is 0 Å². The van der Waals surface area contributed by atoms with Crippen molar-refractivity contribution < 1.29 is 27.8 Å². The molecule has 0 bridgehead atoms. The number of nitrogens with one attached hydrogen (secondary N) is 1. The van der Waals surface area contributed by atoms with Gasteiger partial charge in [0.15, 0.2) is 0 Å². The first-order chi connectivity index (χ1) is 9.80. The van der Waals surface area contributed by atoms with Crippen molar-refractivity contribution in [3.05, 3.63) is 16.3 Å². The fourth-order valence-electron chi connectivity index (χ4n) is 2.05. The van der Waals surface area contributed by atoms with Crippen LogP contribution in [0.1, 0.15) is 23.0 Å². The van der Waals surface area contributed by atoms with Crippen LogP contribution in [0.3, 0.4) is 0 Å². The highest BCUT2D eigenvalue weighted by Crippen LogP contribution is 2.27. The third-order valence-corrected chi connectivity index (χ3v) is 5.98. The van der Waals surface area contributed by atoms with E-state index in [9.17, 15) is 18.3 Å². The Balaban J connectivity index is 2.16. The molecule has 2 heterocycles. The molecule has 1 saturated heterocycles. The Bertz CT molecular complexity index is 625. The summed E-state index contributed by atoms with van der Waals surface area (Å²) in [4.78, 5) is 11.4. The molecule has 1 aliphatic rings. The standard InChI is InChI=1S/C12H17NO6S2/c1-8-12(15,4-5-19-8)7-13-21(16,17)9-3-6-20-10(9)11(14)18-2/h3,6,8,13,15H,4-5,7H2,1-2H3. The number of carbonyl (C=O) groups excluding carboxylic acids is 1. The lowest BCUT2D eigenvalue weighted by Gasteiger charge is -2.26. The molecule has 1 fully saturated rings. The maximum atomic E-state index is 12.3. The van der Waals surface area contributed by atoms with Gasteiger partial charge in [0.25, 0.3) is 0 Å². The van der Waals surface area contributed by atoms with Crippen molar-refractivity contribution in [3.63, 3.8) is 0 Å². The minimum atomic E-state index is -3.91. The first-order valence-corrected chi connectivity index (χ1v) is 8.66. The molecule has 2 N–H and O–H groups in total. The Hall–Kier alpha value is -1.00. The summed E-state index contributed by atoms with van der Waals surface area (Å²) in [5, 5.41) is 11.8. The molecule has 118 valence electrons. The van der Waals surface area contributed by atoms with Crippen molar-refractivity contribution in [1.82, 2.24) is 4.72 Å². The van der Waals surface area contributed by atoms with Gasteiger partial charge in [0.05, 0.1) is 13.2 Å². The average molecular weight is 335 g/mol. The fourth-order valence-corrected chi connectivity index (χ4v) is 4.48. The minimum absolute atomic E-state index is 0.00714. The smallest absolute Gasteiger partial charge is 0.349 e. The number of hydrogen-bond donors (Lipinski definition) is 2. The molecule has 0 amide bonds. The van der Waals surface area contributed by atoms with E-state index in [2.05, 4.69) is 9.46 Å². The third-order valence-electron chi connectivity index (χ3n) is 3.52. The summed E-state index contributed by atoms with van der Waals surface area (Å²) in [5.41, 5.74) is -1.24. The van der Waals surface area contributed by atoms with Crippen molar-refractivity contribution >= 4 is 27.3 Å². The first-order valence-electron chi connectivity index (χ1n) is 6.29. The number of methoxy groups -OCH3 is 1. The molecule has 2 atom stereocenters. The maximum Gasteiger partial charge on any atom is 0.349 e. The highest BCUT2D eigenvalue weighted by molar-refractivity contribution is 7.89. The SMILES string of the molecule is COC(=O)c1sccc1S(=O)(=O)NCC1(O)CCOC1C. The molecule has 2 unspecified atom stereocenters. The largest absolute Gasteiger partial charge is 0.465 e. The molecular weight excluding hydrogens is 318 g/mol. The van der Waals surface area contributed by atoms with E-state index in [-0.39, 0.29) is 16.3 Å². The van der Waals surface area contributed by atoms with Crippen LogP contribution in [0.2, 0.25) is 0 Å². The van der Waals surface area contributed by atoms with E-state index in [1.165, 1.54) is 18.6 Å². The van der Waals surface area contributed by atoms with Crippen LogP contribution in [-0.2, 0) is 19.5 Å².